The number of allylic oxidation sites excluding steroid dienone is 2. The minimum atomic E-state index is 0. The number of hydrogen-bond acceptors (Lipinski definition) is 2. The van der Waals surface area contributed by atoms with Gasteiger partial charge in [0.15, 0.2) is 0 Å². The van der Waals surface area contributed by atoms with Crippen molar-refractivity contribution in [2.45, 2.75) is 12.8 Å². The van der Waals surface area contributed by atoms with Gasteiger partial charge in [-0.1, -0.05) is 72.8 Å². The lowest BCUT2D eigenvalue weighted by Crippen LogP contribution is -1.81. The monoisotopic (exact) mass is 242 g/mol. The topological polar surface area (TPSA) is 70.0 Å². The average Bonchev–Trinajstić information content (AvgIpc) is 2.37. The normalized spacial score (nSPS) is 9.56. The molecule has 0 aromatic heterocycles. The van der Waals surface area contributed by atoms with Crippen LogP contribution in [0.3, 0.4) is 0 Å². The summed E-state index contributed by atoms with van der Waals surface area (Å²) in [5.74, 6) is 0. The van der Waals surface area contributed by atoms with Crippen LogP contribution in [0.15, 0.2) is 72.8 Å². The van der Waals surface area contributed by atoms with Gasteiger partial charge in [0.1, 0.15) is 0 Å². The molecule has 0 atom stereocenters. The van der Waals surface area contributed by atoms with E-state index in [1.165, 1.54) is 11.1 Å². The molecule has 0 radical (unpaired) electrons. The summed E-state index contributed by atoms with van der Waals surface area (Å²) in [6.45, 7) is 0. The van der Waals surface area contributed by atoms with Gasteiger partial charge < -0.3 is 12.3 Å². The van der Waals surface area contributed by atoms with Crippen LogP contribution in [0.4, 0.5) is 0 Å². The first kappa shape index (κ1) is 16.1. The second-order valence-electron chi connectivity index (χ2n) is 3.85. The molecule has 2 nitrogen and oxygen atoms in total. The van der Waals surface area contributed by atoms with Crippen LogP contribution in [0.2, 0.25) is 0 Å². The van der Waals surface area contributed by atoms with Gasteiger partial charge in [-0.15, -0.1) is 0 Å². The van der Waals surface area contributed by atoms with Crippen molar-refractivity contribution in [3.8, 4) is 0 Å². The third-order valence-corrected chi connectivity index (χ3v) is 2.56. The van der Waals surface area contributed by atoms with Crippen molar-refractivity contribution in [2.24, 2.45) is 0 Å². The minimum absolute atomic E-state index is 0. The molecule has 0 spiro atoms. The standard InChI is InChI=1S/C16H16.2H3N/c1-3-9-15(10-4-1)13-7-8-14-16-11-5-2-6-12-16;;/h1-12H,13-14H2;2*1H3. The lowest BCUT2D eigenvalue weighted by Gasteiger charge is -1.96. The first-order valence-electron chi connectivity index (χ1n) is 5.68. The van der Waals surface area contributed by atoms with E-state index in [9.17, 15) is 0 Å². The molecule has 6 N–H and O–H groups in total. The number of rotatable bonds is 4. The Balaban J connectivity index is 0.00000144. The van der Waals surface area contributed by atoms with E-state index < -0.39 is 0 Å². The predicted octanol–water partition coefficient (Wildman–Crippen LogP) is 4.35. The van der Waals surface area contributed by atoms with Gasteiger partial charge in [-0.3, -0.25) is 0 Å². The molecular formula is C16H22N2. The van der Waals surface area contributed by atoms with Crippen LogP contribution in [0.5, 0.6) is 0 Å². The molecular weight excluding hydrogens is 220 g/mol. The smallest absolute Gasteiger partial charge is 0.00973 e. The molecule has 0 bridgehead atoms. The second kappa shape index (κ2) is 9.16. The summed E-state index contributed by atoms with van der Waals surface area (Å²) in [6.07, 6.45) is 6.52. The van der Waals surface area contributed by atoms with E-state index in [0.717, 1.165) is 12.8 Å². The Bertz CT molecular complexity index is 392. The molecule has 2 heteroatoms. The van der Waals surface area contributed by atoms with Crippen LogP contribution in [-0.4, -0.2) is 0 Å². The highest BCUT2D eigenvalue weighted by Gasteiger charge is 1.87. The number of benzene rings is 2. The summed E-state index contributed by atoms with van der Waals surface area (Å²) in [4.78, 5) is 0. The van der Waals surface area contributed by atoms with Crippen molar-refractivity contribution in [1.82, 2.24) is 12.3 Å². The molecule has 0 unspecified atom stereocenters. The van der Waals surface area contributed by atoms with Crippen molar-refractivity contribution in [3.05, 3.63) is 83.9 Å². The zero-order valence-corrected chi connectivity index (χ0v) is 10.8. The largest absolute Gasteiger partial charge is 0.344 e. The van der Waals surface area contributed by atoms with E-state index in [4.69, 9.17) is 0 Å². The fourth-order valence-electron chi connectivity index (χ4n) is 1.67. The van der Waals surface area contributed by atoms with E-state index in [-0.39, 0.29) is 12.3 Å². The molecule has 96 valence electrons. The predicted molar refractivity (Wildman–Crippen MR) is 79.5 cm³/mol. The zero-order chi connectivity index (χ0) is 11.1. The molecule has 0 aliphatic rings. The quantitative estimate of drug-likeness (QED) is 0.782. The van der Waals surface area contributed by atoms with Gasteiger partial charge in [0.2, 0.25) is 0 Å². The highest BCUT2D eigenvalue weighted by atomic mass is 14.0. The molecule has 0 saturated carbocycles. The van der Waals surface area contributed by atoms with Crippen LogP contribution in [-0.2, 0) is 12.8 Å². The molecule has 0 heterocycles. The molecule has 0 aliphatic carbocycles. The molecule has 0 amide bonds. The van der Waals surface area contributed by atoms with Crippen LogP contribution < -0.4 is 12.3 Å². The molecule has 2 aromatic carbocycles. The summed E-state index contributed by atoms with van der Waals surface area (Å²) in [7, 11) is 0. The van der Waals surface area contributed by atoms with Crippen LogP contribution in [0, 0.1) is 0 Å². The molecule has 18 heavy (non-hydrogen) atoms. The van der Waals surface area contributed by atoms with E-state index in [2.05, 4.69) is 72.8 Å². The van der Waals surface area contributed by atoms with Crippen LogP contribution >= 0.6 is 0 Å². The maximum atomic E-state index is 2.24. The first-order valence-corrected chi connectivity index (χ1v) is 5.68. The van der Waals surface area contributed by atoms with Gasteiger partial charge >= 0.3 is 0 Å². The molecule has 2 aromatic rings. The van der Waals surface area contributed by atoms with E-state index in [1.807, 2.05) is 0 Å². The van der Waals surface area contributed by atoms with Crippen molar-refractivity contribution in [3.63, 3.8) is 0 Å². The summed E-state index contributed by atoms with van der Waals surface area (Å²) >= 11 is 0. The highest BCUT2D eigenvalue weighted by molar-refractivity contribution is 5.20. The molecule has 0 aliphatic heterocycles. The Morgan fingerprint density at radius 3 is 1.22 bits per heavy atom. The third-order valence-electron chi connectivity index (χ3n) is 2.56. The molecule has 0 saturated heterocycles. The Morgan fingerprint density at radius 1 is 0.556 bits per heavy atom. The van der Waals surface area contributed by atoms with Crippen LogP contribution in [0.1, 0.15) is 11.1 Å². The SMILES string of the molecule is C(=CCc1ccccc1)Cc1ccccc1.N.N. The third kappa shape index (κ3) is 5.43. The van der Waals surface area contributed by atoms with Gasteiger partial charge in [0.05, 0.1) is 0 Å². The molecule has 0 fully saturated rings. The average molecular weight is 242 g/mol. The van der Waals surface area contributed by atoms with Crippen LogP contribution in [0.25, 0.3) is 0 Å². The highest BCUT2D eigenvalue weighted by Crippen LogP contribution is 2.03. The maximum Gasteiger partial charge on any atom is -0.00973 e. The van der Waals surface area contributed by atoms with Gasteiger partial charge in [-0.05, 0) is 24.0 Å². The van der Waals surface area contributed by atoms with Crippen molar-refractivity contribution in [1.29, 1.82) is 0 Å². The summed E-state index contributed by atoms with van der Waals surface area (Å²) in [6, 6.07) is 21.1. The molecule has 2 rings (SSSR count). The fraction of sp³-hybridized carbons (Fsp3) is 0.125. The number of hydrogen-bond donors (Lipinski definition) is 2. The van der Waals surface area contributed by atoms with Gasteiger partial charge in [0, 0.05) is 0 Å². The Kier molecular flexibility index (Phi) is 8.20. The van der Waals surface area contributed by atoms with Gasteiger partial charge in [-0.2, -0.15) is 0 Å². The Morgan fingerprint density at radius 2 is 0.889 bits per heavy atom. The fourth-order valence-corrected chi connectivity index (χ4v) is 1.67. The van der Waals surface area contributed by atoms with E-state index in [0.29, 0.717) is 0 Å². The Labute approximate surface area is 110 Å². The Hall–Kier alpha value is -1.90. The zero-order valence-electron chi connectivity index (χ0n) is 10.8. The van der Waals surface area contributed by atoms with Gasteiger partial charge in [0.25, 0.3) is 0 Å². The maximum absolute atomic E-state index is 2.24. The second-order valence-corrected chi connectivity index (χ2v) is 3.85. The summed E-state index contributed by atoms with van der Waals surface area (Å²) in [5, 5.41) is 0. The van der Waals surface area contributed by atoms with E-state index in [1.54, 1.807) is 0 Å². The van der Waals surface area contributed by atoms with Crippen molar-refractivity contribution < 1.29 is 0 Å². The van der Waals surface area contributed by atoms with Crippen molar-refractivity contribution in [2.75, 3.05) is 0 Å². The van der Waals surface area contributed by atoms with Crippen molar-refractivity contribution >= 4 is 0 Å². The summed E-state index contributed by atoms with van der Waals surface area (Å²) < 4.78 is 0. The minimum Gasteiger partial charge on any atom is -0.344 e. The van der Waals surface area contributed by atoms with E-state index >= 15 is 0 Å². The van der Waals surface area contributed by atoms with Gasteiger partial charge in [-0.25, -0.2) is 0 Å². The lowest BCUT2D eigenvalue weighted by atomic mass is 10.1. The summed E-state index contributed by atoms with van der Waals surface area (Å²) in [5.41, 5.74) is 2.73. The first-order chi connectivity index (χ1) is 7.95. The lowest BCUT2D eigenvalue weighted by molar-refractivity contribution is 1.21.